The predicted molar refractivity (Wildman–Crippen MR) is 28.4 cm³/mol. The van der Waals surface area contributed by atoms with E-state index in [4.69, 9.17) is 4.42 Å². The summed E-state index contributed by atoms with van der Waals surface area (Å²) in [6.45, 7) is 0. The molecule has 0 aliphatic rings. The molecule has 0 unspecified atom stereocenters. The summed E-state index contributed by atoms with van der Waals surface area (Å²) in [5.41, 5.74) is 1.11. The minimum absolute atomic E-state index is 0.477. The Hall–Kier alpha value is -1.45. The SMILES string of the molecule is [c]1nc2cncnc2o1. The van der Waals surface area contributed by atoms with Gasteiger partial charge in [-0.3, -0.25) is 0 Å². The largest absolute Gasteiger partial charge is 0.413 e. The summed E-state index contributed by atoms with van der Waals surface area (Å²) in [5, 5.41) is 0. The fourth-order valence-corrected chi connectivity index (χ4v) is 0.582. The van der Waals surface area contributed by atoms with E-state index in [0.717, 1.165) is 0 Å². The second kappa shape index (κ2) is 1.51. The molecule has 9 heavy (non-hydrogen) atoms. The molecule has 0 amide bonds. The molecule has 0 aliphatic carbocycles. The highest BCUT2D eigenvalue weighted by Gasteiger charge is 1.95. The first-order chi connectivity index (χ1) is 4.47. The van der Waals surface area contributed by atoms with E-state index in [9.17, 15) is 0 Å². The molecule has 0 saturated heterocycles. The molecule has 0 fully saturated rings. The summed E-state index contributed by atoms with van der Waals surface area (Å²) in [6.07, 6.45) is 5.29. The van der Waals surface area contributed by atoms with Crippen molar-refractivity contribution in [3.05, 3.63) is 18.9 Å². The van der Waals surface area contributed by atoms with Crippen molar-refractivity contribution in [2.24, 2.45) is 0 Å². The molecule has 0 aliphatic heterocycles. The van der Waals surface area contributed by atoms with Crippen molar-refractivity contribution in [1.82, 2.24) is 15.0 Å². The van der Waals surface area contributed by atoms with Crippen molar-refractivity contribution in [3.63, 3.8) is 0 Å². The highest BCUT2D eigenvalue weighted by atomic mass is 16.3. The first kappa shape index (κ1) is 4.43. The number of nitrogens with zero attached hydrogens (tertiary/aromatic N) is 3. The standard InChI is InChI=1S/C5H2N3O/c1-4-5(7-2-6-1)9-3-8-4/h1-2H. The van der Waals surface area contributed by atoms with Crippen LogP contribution in [0.5, 0.6) is 0 Å². The first-order valence-corrected chi connectivity index (χ1v) is 2.39. The molecule has 2 aromatic heterocycles. The third-order valence-corrected chi connectivity index (χ3v) is 0.966. The fraction of sp³-hybridized carbons (Fsp3) is 0. The maximum atomic E-state index is 4.73. The van der Waals surface area contributed by atoms with Crippen LogP contribution in [0.15, 0.2) is 16.9 Å². The third kappa shape index (κ3) is 0.561. The normalized spacial score (nSPS) is 10.2. The van der Waals surface area contributed by atoms with Gasteiger partial charge in [0.05, 0.1) is 6.20 Å². The predicted octanol–water partition coefficient (Wildman–Crippen LogP) is 0.418. The Morgan fingerprint density at radius 1 is 1.56 bits per heavy atom. The van der Waals surface area contributed by atoms with E-state index in [-0.39, 0.29) is 0 Å². The molecule has 2 heterocycles. The van der Waals surface area contributed by atoms with Crippen LogP contribution in [0.3, 0.4) is 0 Å². The summed E-state index contributed by atoms with van der Waals surface area (Å²) in [7, 11) is 0. The lowest BCUT2D eigenvalue weighted by atomic mass is 10.6. The summed E-state index contributed by atoms with van der Waals surface area (Å²) >= 11 is 0. The minimum atomic E-state index is 0.477. The van der Waals surface area contributed by atoms with E-state index in [1.54, 1.807) is 6.20 Å². The summed E-state index contributed by atoms with van der Waals surface area (Å²) < 4.78 is 4.73. The quantitative estimate of drug-likeness (QED) is 0.505. The molecular formula is C5H2N3O. The van der Waals surface area contributed by atoms with Gasteiger partial charge in [0.2, 0.25) is 0 Å². The third-order valence-electron chi connectivity index (χ3n) is 0.966. The Morgan fingerprint density at radius 3 is 3.44 bits per heavy atom. The van der Waals surface area contributed by atoms with Gasteiger partial charge in [-0.05, 0) is 0 Å². The topological polar surface area (TPSA) is 51.8 Å². The highest BCUT2D eigenvalue weighted by molar-refractivity contribution is 5.64. The lowest BCUT2D eigenvalue weighted by molar-refractivity contribution is 0.579. The molecular weight excluding hydrogens is 118 g/mol. The molecule has 43 valence electrons. The van der Waals surface area contributed by atoms with Gasteiger partial charge in [0.1, 0.15) is 11.8 Å². The summed E-state index contributed by atoms with van der Waals surface area (Å²) in [6, 6.07) is 0. The lowest BCUT2D eigenvalue weighted by Gasteiger charge is -1.78. The second-order valence-electron chi connectivity index (χ2n) is 1.52. The number of rotatable bonds is 0. The molecule has 2 rings (SSSR count). The molecule has 4 heteroatoms. The Balaban J connectivity index is 2.95. The van der Waals surface area contributed by atoms with Crippen LogP contribution in [0.1, 0.15) is 0 Å². The minimum Gasteiger partial charge on any atom is -0.413 e. The van der Waals surface area contributed by atoms with Crippen molar-refractivity contribution in [1.29, 1.82) is 0 Å². The van der Waals surface area contributed by atoms with Gasteiger partial charge in [0.25, 0.3) is 12.1 Å². The Morgan fingerprint density at radius 2 is 2.56 bits per heavy atom. The van der Waals surface area contributed by atoms with E-state index in [2.05, 4.69) is 21.3 Å². The maximum absolute atomic E-state index is 4.73. The average molecular weight is 120 g/mol. The average Bonchev–Trinajstić information content (AvgIpc) is 2.33. The Bertz CT molecular complexity index is 286. The zero-order valence-corrected chi connectivity index (χ0v) is 4.40. The molecule has 0 atom stereocenters. The number of aromatic nitrogens is 3. The van der Waals surface area contributed by atoms with Gasteiger partial charge in [-0.25, -0.2) is 9.97 Å². The summed E-state index contributed by atoms with van der Waals surface area (Å²) in [5.74, 6) is 0. The van der Waals surface area contributed by atoms with Crippen molar-refractivity contribution >= 4 is 11.2 Å². The fourth-order valence-electron chi connectivity index (χ4n) is 0.582. The summed E-state index contributed by atoms with van der Waals surface area (Å²) in [4.78, 5) is 11.2. The highest BCUT2D eigenvalue weighted by Crippen LogP contribution is 2.02. The Kier molecular flexibility index (Phi) is 0.745. The van der Waals surface area contributed by atoms with E-state index < -0.39 is 0 Å². The van der Waals surface area contributed by atoms with Crippen molar-refractivity contribution in [3.8, 4) is 0 Å². The molecule has 2 aromatic rings. The van der Waals surface area contributed by atoms with Crippen LogP contribution in [0.25, 0.3) is 11.2 Å². The van der Waals surface area contributed by atoms with Crippen molar-refractivity contribution in [2.45, 2.75) is 0 Å². The van der Waals surface area contributed by atoms with Gasteiger partial charge >= 0.3 is 0 Å². The van der Waals surface area contributed by atoms with E-state index in [0.29, 0.717) is 11.2 Å². The van der Waals surface area contributed by atoms with Gasteiger partial charge in [0, 0.05) is 0 Å². The van der Waals surface area contributed by atoms with E-state index in [1.807, 2.05) is 0 Å². The number of hydrogen-bond acceptors (Lipinski definition) is 4. The van der Waals surface area contributed by atoms with Gasteiger partial charge in [-0.15, -0.1) is 0 Å². The van der Waals surface area contributed by atoms with Crippen molar-refractivity contribution < 1.29 is 4.42 Å². The zero-order chi connectivity index (χ0) is 6.10. The zero-order valence-electron chi connectivity index (χ0n) is 4.40. The van der Waals surface area contributed by atoms with E-state index >= 15 is 0 Å². The van der Waals surface area contributed by atoms with Crippen LogP contribution >= 0.6 is 0 Å². The molecule has 0 N–H and O–H groups in total. The molecule has 0 bridgehead atoms. The smallest absolute Gasteiger partial charge is 0.286 e. The van der Waals surface area contributed by atoms with Crippen LogP contribution < -0.4 is 0 Å². The first-order valence-electron chi connectivity index (χ1n) is 2.39. The molecule has 0 saturated carbocycles. The molecule has 0 aromatic carbocycles. The second-order valence-corrected chi connectivity index (χ2v) is 1.52. The Labute approximate surface area is 50.6 Å². The lowest BCUT2D eigenvalue weighted by Crippen LogP contribution is -1.74. The van der Waals surface area contributed by atoms with Gasteiger partial charge in [0.15, 0.2) is 0 Å². The van der Waals surface area contributed by atoms with Crippen LogP contribution in [0.4, 0.5) is 0 Å². The monoisotopic (exact) mass is 120 g/mol. The maximum Gasteiger partial charge on any atom is 0.286 e. The van der Waals surface area contributed by atoms with Crippen LogP contribution in [-0.4, -0.2) is 15.0 Å². The van der Waals surface area contributed by atoms with Crippen LogP contribution in [0.2, 0.25) is 0 Å². The van der Waals surface area contributed by atoms with Crippen LogP contribution in [-0.2, 0) is 0 Å². The van der Waals surface area contributed by atoms with E-state index in [1.165, 1.54) is 6.33 Å². The number of hydrogen-bond donors (Lipinski definition) is 0. The van der Waals surface area contributed by atoms with Gasteiger partial charge < -0.3 is 4.42 Å². The van der Waals surface area contributed by atoms with Crippen LogP contribution in [0, 0.1) is 6.39 Å². The van der Waals surface area contributed by atoms with Gasteiger partial charge in [-0.2, -0.15) is 4.98 Å². The molecule has 1 radical (unpaired) electrons. The molecule has 4 nitrogen and oxygen atoms in total. The van der Waals surface area contributed by atoms with Gasteiger partial charge in [-0.1, -0.05) is 0 Å². The number of fused-ring (bicyclic) bond motifs is 1. The van der Waals surface area contributed by atoms with Crippen molar-refractivity contribution in [2.75, 3.05) is 0 Å². The number of oxazole rings is 1. The molecule has 0 spiro atoms.